The molecular formula is C13H17NO4. The highest BCUT2D eigenvalue weighted by Gasteiger charge is 2.06. The maximum absolute atomic E-state index is 11.1. The molecular weight excluding hydrogens is 234 g/mol. The number of amides is 1. The first-order chi connectivity index (χ1) is 8.54. The second kappa shape index (κ2) is 6.54. The van der Waals surface area contributed by atoms with Gasteiger partial charge in [0.1, 0.15) is 6.61 Å². The van der Waals surface area contributed by atoms with Gasteiger partial charge in [-0.05, 0) is 36.6 Å². The summed E-state index contributed by atoms with van der Waals surface area (Å²) in [6.07, 6.45) is 1.53. The first-order valence-corrected chi connectivity index (χ1v) is 5.57. The van der Waals surface area contributed by atoms with E-state index in [1.165, 1.54) is 18.2 Å². The molecule has 0 aliphatic heterocycles. The summed E-state index contributed by atoms with van der Waals surface area (Å²) < 4.78 is 4.74. The van der Waals surface area contributed by atoms with Crippen molar-refractivity contribution in [3.8, 4) is 11.5 Å². The summed E-state index contributed by atoms with van der Waals surface area (Å²) in [5.74, 6) is -0.306. The minimum absolute atomic E-state index is 0.144. The Morgan fingerprint density at radius 2 is 2.11 bits per heavy atom. The van der Waals surface area contributed by atoms with Gasteiger partial charge in [0.15, 0.2) is 11.5 Å². The summed E-state index contributed by atoms with van der Waals surface area (Å²) in [6, 6.07) is 2.97. The standard InChI is InChI=1S/C13H17NO4/c1-3-6-18-13(17)14-5-4-10-8-12(16)11(15)7-9(10)2/h3,7-8,15-16H,1,4-6H2,2H3,(H,14,17). The highest BCUT2D eigenvalue weighted by molar-refractivity contribution is 5.67. The van der Waals surface area contributed by atoms with Gasteiger partial charge in [0.25, 0.3) is 0 Å². The lowest BCUT2D eigenvalue weighted by atomic mass is 10.0. The van der Waals surface area contributed by atoms with Crippen LogP contribution >= 0.6 is 0 Å². The number of carbonyl (C=O) groups is 1. The van der Waals surface area contributed by atoms with Crippen LogP contribution in [0.15, 0.2) is 24.8 Å². The number of phenolic OH excluding ortho intramolecular Hbond substituents is 2. The molecule has 98 valence electrons. The first-order valence-electron chi connectivity index (χ1n) is 5.57. The lowest BCUT2D eigenvalue weighted by molar-refractivity contribution is 0.158. The van der Waals surface area contributed by atoms with Crippen molar-refractivity contribution in [2.45, 2.75) is 13.3 Å². The average molecular weight is 251 g/mol. The van der Waals surface area contributed by atoms with Gasteiger partial charge in [-0.15, -0.1) is 0 Å². The summed E-state index contributed by atoms with van der Waals surface area (Å²) in [7, 11) is 0. The van der Waals surface area contributed by atoms with E-state index >= 15 is 0 Å². The van der Waals surface area contributed by atoms with Crippen LogP contribution in [0.25, 0.3) is 0 Å². The number of alkyl carbamates (subject to hydrolysis) is 1. The van der Waals surface area contributed by atoms with E-state index in [0.717, 1.165) is 11.1 Å². The number of aryl methyl sites for hydroxylation is 1. The number of phenols is 2. The number of nitrogens with one attached hydrogen (secondary N) is 1. The van der Waals surface area contributed by atoms with Gasteiger partial charge in [0.05, 0.1) is 0 Å². The maximum Gasteiger partial charge on any atom is 0.407 e. The zero-order valence-corrected chi connectivity index (χ0v) is 10.3. The Labute approximate surface area is 106 Å². The molecule has 0 radical (unpaired) electrons. The van der Waals surface area contributed by atoms with Crippen molar-refractivity contribution in [1.82, 2.24) is 5.32 Å². The van der Waals surface area contributed by atoms with E-state index in [0.29, 0.717) is 13.0 Å². The molecule has 0 atom stereocenters. The molecule has 5 nitrogen and oxygen atoms in total. The van der Waals surface area contributed by atoms with Crippen molar-refractivity contribution in [2.24, 2.45) is 0 Å². The molecule has 18 heavy (non-hydrogen) atoms. The summed E-state index contributed by atoms with van der Waals surface area (Å²) in [5.41, 5.74) is 1.71. The van der Waals surface area contributed by atoms with Crippen LogP contribution in [-0.2, 0) is 11.2 Å². The van der Waals surface area contributed by atoms with Crippen LogP contribution in [0.1, 0.15) is 11.1 Å². The minimum Gasteiger partial charge on any atom is -0.504 e. The largest absolute Gasteiger partial charge is 0.504 e. The topological polar surface area (TPSA) is 78.8 Å². The molecule has 0 heterocycles. The van der Waals surface area contributed by atoms with Gasteiger partial charge >= 0.3 is 6.09 Å². The predicted molar refractivity (Wildman–Crippen MR) is 67.8 cm³/mol. The smallest absolute Gasteiger partial charge is 0.407 e. The van der Waals surface area contributed by atoms with E-state index < -0.39 is 6.09 Å². The van der Waals surface area contributed by atoms with Gasteiger partial charge in [-0.1, -0.05) is 12.7 Å². The van der Waals surface area contributed by atoms with Crippen LogP contribution in [0.3, 0.4) is 0 Å². The number of carbonyl (C=O) groups excluding carboxylic acids is 1. The molecule has 0 saturated heterocycles. The Kier molecular flexibility index (Phi) is 5.05. The Hall–Kier alpha value is -2.17. The molecule has 5 heteroatoms. The summed E-state index contributed by atoms with van der Waals surface area (Å²) in [6.45, 7) is 5.82. The minimum atomic E-state index is -0.504. The van der Waals surface area contributed by atoms with Gasteiger partial charge in [0.2, 0.25) is 0 Å². The van der Waals surface area contributed by atoms with Crippen LogP contribution < -0.4 is 5.32 Å². The SMILES string of the molecule is C=CCOC(=O)NCCc1cc(O)c(O)cc1C. The molecule has 1 rings (SSSR count). The van der Waals surface area contributed by atoms with Crippen LogP contribution in [-0.4, -0.2) is 29.5 Å². The first kappa shape index (κ1) is 13.9. The Morgan fingerprint density at radius 1 is 1.44 bits per heavy atom. The van der Waals surface area contributed by atoms with Crippen molar-refractivity contribution >= 4 is 6.09 Å². The molecule has 0 spiro atoms. The molecule has 1 aromatic rings. The normalized spacial score (nSPS) is 9.83. The van der Waals surface area contributed by atoms with E-state index in [-0.39, 0.29) is 18.1 Å². The van der Waals surface area contributed by atoms with Crippen LogP contribution in [0, 0.1) is 6.92 Å². The third-order valence-corrected chi connectivity index (χ3v) is 2.43. The number of benzene rings is 1. The zero-order chi connectivity index (χ0) is 13.5. The van der Waals surface area contributed by atoms with Crippen molar-refractivity contribution in [3.63, 3.8) is 0 Å². The molecule has 0 unspecified atom stereocenters. The third kappa shape index (κ3) is 4.01. The molecule has 3 N–H and O–H groups in total. The van der Waals surface area contributed by atoms with Crippen LogP contribution in [0.4, 0.5) is 4.79 Å². The van der Waals surface area contributed by atoms with Crippen molar-refractivity contribution in [3.05, 3.63) is 35.9 Å². The molecule has 0 aromatic heterocycles. The van der Waals surface area contributed by atoms with E-state index in [9.17, 15) is 15.0 Å². The number of rotatable bonds is 5. The molecule has 0 bridgehead atoms. The van der Waals surface area contributed by atoms with Gasteiger partial charge < -0.3 is 20.3 Å². The quantitative estimate of drug-likeness (QED) is 0.551. The summed E-state index contributed by atoms with van der Waals surface area (Å²) >= 11 is 0. The van der Waals surface area contributed by atoms with Crippen LogP contribution in [0.5, 0.6) is 11.5 Å². The molecule has 1 aromatic carbocycles. The van der Waals surface area contributed by atoms with Crippen molar-refractivity contribution < 1.29 is 19.7 Å². The van der Waals surface area contributed by atoms with E-state index in [2.05, 4.69) is 11.9 Å². The Bertz CT molecular complexity index is 443. The third-order valence-electron chi connectivity index (χ3n) is 2.43. The maximum atomic E-state index is 11.1. The van der Waals surface area contributed by atoms with E-state index in [4.69, 9.17) is 4.74 Å². The molecule has 0 aliphatic carbocycles. The molecule has 1 amide bonds. The highest BCUT2D eigenvalue weighted by Crippen LogP contribution is 2.27. The van der Waals surface area contributed by atoms with Gasteiger partial charge in [-0.25, -0.2) is 4.79 Å². The second-order valence-corrected chi connectivity index (χ2v) is 3.83. The molecule has 0 saturated carbocycles. The van der Waals surface area contributed by atoms with Gasteiger partial charge in [0, 0.05) is 6.54 Å². The number of hydrogen-bond acceptors (Lipinski definition) is 4. The number of ether oxygens (including phenoxy) is 1. The van der Waals surface area contributed by atoms with E-state index in [1.807, 2.05) is 6.92 Å². The van der Waals surface area contributed by atoms with Crippen molar-refractivity contribution in [1.29, 1.82) is 0 Å². The van der Waals surface area contributed by atoms with Crippen molar-refractivity contribution in [2.75, 3.05) is 13.2 Å². The Balaban J connectivity index is 2.46. The Morgan fingerprint density at radius 3 is 2.78 bits per heavy atom. The lowest BCUT2D eigenvalue weighted by Gasteiger charge is -2.09. The fraction of sp³-hybridized carbons (Fsp3) is 0.308. The number of aromatic hydroxyl groups is 2. The van der Waals surface area contributed by atoms with Gasteiger partial charge in [-0.3, -0.25) is 0 Å². The zero-order valence-electron chi connectivity index (χ0n) is 10.3. The highest BCUT2D eigenvalue weighted by atomic mass is 16.5. The lowest BCUT2D eigenvalue weighted by Crippen LogP contribution is -2.26. The number of hydrogen-bond donors (Lipinski definition) is 3. The monoisotopic (exact) mass is 251 g/mol. The average Bonchev–Trinajstić information content (AvgIpc) is 2.33. The van der Waals surface area contributed by atoms with Crippen LogP contribution in [0.2, 0.25) is 0 Å². The summed E-state index contributed by atoms with van der Waals surface area (Å²) in [5, 5.41) is 21.2. The summed E-state index contributed by atoms with van der Waals surface area (Å²) in [4.78, 5) is 11.1. The van der Waals surface area contributed by atoms with Gasteiger partial charge in [-0.2, -0.15) is 0 Å². The predicted octanol–water partition coefficient (Wildman–Crippen LogP) is 1.86. The fourth-order valence-corrected chi connectivity index (χ4v) is 1.48. The van der Waals surface area contributed by atoms with E-state index in [1.54, 1.807) is 0 Å². The second-order valence-electron chi connectivity index (χ2n) is 3.83. The fourth-order valence-electron chi connectivity index (χ4n) is 1.48. The molecule has 0 aliphatic rings. The molecule has 0 fully saturated rings.